The first-order chi connectivity index (χ1) is 25.5. The van der Waals surface area contributed by atoms with Gasteiger partial charge in [0.25, 0.3) is 0 Å². The average molecular weight is 734 g/mol. The van der Waals surface area contributed by atoms with Crippen molar-refractivity contribution in [1.82, 2.24) is 0 Å². The maximum absolute atomic E-state index is 14.8. The van der Waals surface area contributed by atoms with Gasteiger partial charge in [-0.3, -0.25) is 19.4 Å². The number of hydrogen-bond donors (Lipinski definition) is 0. The van der Waals surface area contributed by atoms with Gasteiger partial charge in [0.05, 0.1) is 11.4 Å². The van der Waals surface area contributed by atoms with Gasteiger partial charge in [-0.1, -0.05) is 163 Å². The monoisotopic (exact) mass is 733 g/mol. The first-order valence-corrected chi connectivity index (χ1v) is 20.6. The standard InChI is InChI=1S/C46H46BN2O2S2/c1-26(2)31-15-13-16-32(27(3)4)44(31)48-41(50)25-42(51)49(45-33(28(5)6)17-14-18-34(45)29(7)8)46(48)30-23-39-43-40(24-30)53-38-22-12-10-20-36(38)47(43)35-19-9-11-21-37(35)52-39/h9-24,26-29H,25H2,1-8H3. The van der Waals surface area contributed by atoms with Gasteiger partial charge >= 0.3 is 0 Å². The summed E-state index contributed by atoms with van der Waals surface area (Å²) in [5.74, 6) is 0.240. The van der Waals surface area contributed by atoms with Gasteiger partial charge in [-0.25, -0.2) is 0 Å². The van der Waals surface area contributed by atoms with Gasteiger partial charge in [0, 0.05) is 25.1 Å². The minimum Gasteiger partial charge on any atom is -0.279 e. The van der Waals surface area contributed by atoms with Gasteiger partial charge in [-0.05, 0) is 75.7 Å². The van der Waals surface area contributed by atoms with E-state index in [9.17, 15) is 9.59 Å². The Morgan fingerprint density at radius 1 is 0.509 bits per heavy atom. The van der Waals surface area contributed by atoms with Crippen LogP contribution in [0, 0.1) is 6.17 Å². The summed E-state index contributed by atoms with van der Waals surface area (Å²) < 4.78 is 0. The summed E-state index contributed by atoms with van der Waals surface area (Å²) in [4.78, 5) is 38.4. The minimum absolute atomic E-state index is 0.110. The number of amides is 2. The van der Waals surface area contributed by atoms with Crippen LogP contribution < -0.4 is 26.2 Å². The quantitative estimate of drug-likeness (QED) is 0.121. The van der Waals surface area contributed by atoms with E-state index in [1.807, 2.05) is 9.80 Å². The van der Waals surface area contributed by atoms with Crippen molar-refractivity contribution in [1.29, 1.82) is 0 Å². The molecule has 0 aliphatic carbocycles. The summed E-state index contributed by atoms with van der Waals surface area (Å²) >= 11 is 3.59. The highest BCUT2D eigenvalue weighted by atomic mass is 32.2. The molecule has 53 heavy (non-hydrogen) atoms. The molecule has 3 aliphatic rings. The summed E-state index contributed by atoms with van der Waals surface area (Å²) in [5, 5.41) is 0. The fourth-order valence-corrected chi connectivity index (χ4v) is 10.9. The van der Waals surface area contributed by atoms with Gasteiger partial charge < -0.3 is 0 Å². The Labute approximate surface area is 323 Å². The van der Waals surface area contributed by atoms with E-state index in [0.29, 0.717) is 6.17 Å². The summed E-state index contributed by atoms with van der Waals surface area (Å²) in [6, 6.07) is 34.9. The molecule has 0 aromatic heterocycles. The van der Waals surface area contributed by atoms with Gasteiger partial charge in [-0.15, -0.1) is 0 Å². The van der Waals surface area contributed by atoms with Crippen LogP contribution in [0.4, 0.5) is 11.4 Å². The topological polar surface area (TPSA) is 40.6 Å². The van der Waals surface area contributed by atoms with Gasteiger partial charge in [0.1, 0.15) is 6.42 Å². The molecule has 0 saturated carbocycles. The third kappa shape index (κ3) is 5.95. The number of rotatable bonds is 7. The van der Waals surface area contributed by atoms with Gasteiger partial charge in [0.15, 0.2) is 0 Å². The number of carbonyl (C=O) groups is 2. The van der Waals surface area contributed by atoms with Crippen molar-refractivity contribution in [3.8, 4) is 0 Å². The molecule has 5 aromatic rings. The highest BCUT2D eigenvalue weighted by Gasteiger charge is 2.47. The SMILES string of the molecule is CC(C)c1cccc(C(C)C)c1N1[C](c2cc3c4c(c2)Sc2ccccc2B4c2ccccc2S3)N(c2c(C(C)C)cccc2C(C)C)C(=O)CC1=O. The Balaban J connectivity index is 1.45. The first-order valence-electron chi connectivity index (χ1n) is 19.0. The van der Waals surface area contributed by atoms with Crippen LogP contribution in [0.2, 0.25) is 0 Å². The highest BCUT2D eigenvalue weighted by molar-refractivity contribution is 8.01. The Morgan fingerprint density at radius 2 is 0.887 bits per heavy atom. The van der Waals surface area contributed by atoms with Crippen LogP contribution in [0.15, 0.2) is 117 Å². The largest absolute Gasteiger partial charge is 0.279 e. The Kier molecular flexibility index (Phi) is 9.39. The second-order valence-corrected chi connectivity index (χ2v) is 17.9. The van der Waals surface area contributed by atoms with Crippen LogP contribution in [0.25, 0.3) is 0 Å². The number of hydrogen-bond acceptors (Lipinski definition) is 4. The summed E-state index contributed by atoms with van der Waals surface area (Å²) in [5.41, 5.74) is 11.0. The zero-order valence-electron chi connectivity index (χ0n) is 31.9. The van der Waals surface area contributed by atoms with E-state index in [2.05, 4.69) is 152 Å². The molecule has 0 atom stereocenters. The molecule has 0 unspecified atom stereocenters. The number of carbonyl (C=O) groups excluding carboxylic acids is 2. The van der Waals surface area contributed by atoms with Crippen molar-refractivity contribution >= 4 is 69.8 Å². The molecule has 267 valence electrons. The van der Waals surface area contributed by atoms with Crippen LogP contribution in [0.3, 0.4) is 0 Å². The maximum Gasteiger partial charge on any atom is 0.247 e. The molecule has 5 aromatic carbocycles. The minimum atomic E-state index is -0.207. The third-order valence-electron chi connectivity index (χ3n) is 10.9. The van der Waals surface area contributed by atoms with Crippen LogP contribution >= 0.6 is 23.5 Å². The number of anilines is 2. The second kappa shape index (κ2) is 13.9. The molecule has 0 spiro atoms. The van der Waals surface area contributed by atoms with E-state index >= 15 is 0 Å². The van der Waals surface area contributed by atoms with E-state index in [1.54, 1.807) is 23.5 Å². The maximum atomic E-state index is 14.8. The van der Waals surface area contributed by atoms with Crippen LogP contribution in [-0.4, -0.2) is 18.5 Å². The third-order valence-corrected chi connectivity index (χ3v) is 13.2. The van der Waals surface area contributed by atoms with Gasteiger partial charge in [-0.2, -0.15) is 0 Å². The van der Waals surface area contributed by atoms with Crippen molar-refractivity contribution in [3.63, 3.8) is 0 Å². The molecular formula is C46H46BN2O2S2. The molecule has 1 radical (unpaired) electrons. The normalized spacial score (nSPS) is 15.5. The fourth-order valence-electron chi connectivity index (χ4n) is 8.41. The summed E-state index contributed by atoms with van der Waals surface area (Å²) in [7, 11) is 0. The predicted octanol–water partition coefficient (Wildman–Crippen LogP) is 9.93. The molecule has 3 aliphatic heterocycles. The molecule has 7 heteroatoms. The second-order valence-electron chi connectivity index (χ2n) is 15.7. The van der Waals surface area contributed by atoms with Crippen LogP contribution in [0.5, 0.6) is 0 Å². The Morgan fingerprint density at radius 3 is 1.26 bits per heavy atom. The van der Waals surface area contributed by atoms with Crippen molar-refractivity contribution < 1.29 is 9.59 Å². The lowest BCUT2D eigenvalue weighted by Gasteiger charge is -2.46. The Bertz CT molecular complexity index is 2070. The average Bonchev–Trinajstić information content (AvgIpc) is 3.13. The number of fused-ring (bicyclic) bond motifs is 4. The molecule has 0 N–H and O–H groups in total. The molecule has 1 saturated heterocycles. The van der Waals surface area contributed by atoms with E-state index in [-0.39, 0.29) is 48.6 Å². The number of benzene rings is 5. The van der Waals surface area contributed by atoms with Crippen molar-refractivity contribution in [2.45, 2.75) is 105 Å². The number of nitrogens with zero attached hydrogens (tertiary/aromatic N) is 2. The fraction of sp³-hybridized carbons (Fsp3) is 0.283. The van der Waals surface area contributed by atoms with E-state index < -0.39 is 0 Å². The lowest BCUT2D eigenvalue weighted by atomic mass is 9.36. The summed E-state index contributed by atoms with van der Waals surface area (Å²) in [6.07, 6.45) is 0.424. The smallest absolute Gasteiger partial charge is 0.247 e. The zero-order chi connectivity index (χ0) is 37.3. The lowest BCUT2D eigenvalue weighted by Crippen LogP contribution is -2.58. The van der Waals surface area contributed by atoms with Crippen molar-refractivity contribution in [2.75, 3.05) is 9.80 Å². The van der Waals surface area contributed by atoms with E-state index in [4.69, 9.17) is 0 Å². The number of para-hydroxylation sites is 2. The lowest BCUT2D eigenvalue weighted by molar-refractivity contribution is -0.128. The molecule has 4 nitrogen and oxygen atoms in total. The van der Waals surface area contributed by atoms with Gasteiger partial charge in [0.2, 0.25) is 24.7 Å². The molecule has 3 heterocycles. The van der Waals surface area contributed by atoms with Crippen molar-refractivity contribution in [2.24, 2.45) is 0 Å². The van der Waals surface area contributed by atoms with Crippen LogP contribution in [0.1, 0.15) is 113 Å². The zero-order valence-corrected chi connectivity index (χ0v) is 33.5. The highest BCUT2D eigenvalue weighted by Crippen LogP contribution is 2.49. The molecule has 1 fully saturated rings. The van der Waals surface area contributed by atoms with E-state index in [1.165, 1.54) is 36.0 Å². The first kappa shape index (κ1) is 35.8. The molecule has 8 rings (SSSR count). The summed E-state index contributed by atoms with van der Waals surface area (Å²) in [6.45, 7) is 17.6. The molecule has 2 amide bonds. The van der Waals surface area contributed by atoms with Crippen LogP contribution in [-0.2, 0) is 9.59 Å². The molecular weight excluding hydrogens is 687 g/mol. The van der Waals surface area contributed by atoms with Crippen molar-refractivity contribution in [3.05, 3.63) is 131 Å². The molecule has 0 bridgehead atoms. The van der Waals surface area contributed by atoms with E-state index in [0.717, 1.165) is 39.2 Å². The predicted molar refractivity (Wildman–Crippen MR) is 223 cm³/mol. The Hall–Kier alpha value is -4.20.